The van der Waals surface area contributed by atoms with Gasteiger partial charge in [0.1, 0.15) is 5.82 Å². The Morgan fingerprint density at radius 3 is 2.88 bits per heavy atom. The maximum absolute atomic E-state index is 6.01. The van der Waals surface area contributed by atoms with Crippen molar-refractivity contribution in [3.8, 4) is 0 Å². The van der Waals surface area contributed by atoms with Gasteiger partial charge in [-0.2, -0.15) is 0 Å². The summed E-state index contributed by atoms with van der Waals surface area (Å²) in [4.78, 5) is 7.28. The van der Waals surface area contributed by atoms with Gasteiger partial charge in [-0.1, -0.05) is 11.6 Å². The Labute approximate surface area is 105 Å². The van der Waals surface area contributed by atoms with Crippen molar-refractivity contribution < 1.29 is 0 Å². The van der Waals surface area contributed by atoms with Crippen molar-refractivity contribution in [3.05, 3.63) is 40.9 Å². The van der Waals surface area contributed by atoms with Crippen LogP contribution >= 0.6 is 11.6 Å². The van der Waals surface area contributed by atoms with E-state index in [1.165, 1.54) is 0 Å². The Morgan fingerprint density at radius 1 is 1.47 bits per heavy atom. The Kier molecular flexibility index (Phi) is 3.24. The van der Waals surface area contributed by atoms with Gasteiger partial charge in [0, 0.05) is 18.1 Å². The third kappa shape index (κ3) is 2.53. The number of hydrogen-bond acceptors (Lipinski definition) is 3. The van der Waals surface area contributed by atoms with Crippen molar-refractivity contribution >= 4 is 23.0 Å². The van der Waals surface area contributed by atoms with Crippen LogP contribution in [0.25, 0.3) is 0 Å². The molecule has 0 aliphatic heterocycles. The lowest BCUT2D eigenvalue weighted by Crippen LogP contribution is -2.09. The van der Waals surface area contributed by atoms with Crippen molar-refractivity contribution in [2.24, 2.45) is 0 Å². The summed E-state index contributed by atoms with van der Waals surface area (Å²) in [6.07, 6.45) is 3.53. The number of imidazole rings is 1. The van der Waals surface area contributed by atoms with Crippen LogP contribution in [-0.2, 0) is 0 Å². The summed E-state index contributed by atoms with van der Waals surface area (Å²) in [5.41, 5.74) is 8.36. The van der Waals surface area contributed by atoms with Crippen molar-refractivity contribution in [2.75, 3.05) is 11.1 Å². The third-order valence-electron chi connectivity index (χ3n) is 2.65. The molecule has 0 aliphatic rings. The van der Waals surface area contributed by atoms with Crippen molar-refractivity contribution in [1.29, 1.82) is 0 Å². The molecule has 2 rings (SSSR count). The molecule has 4 N–H and O–H groups in total. The molecule has 4 nitrogen and oxygen atoms in total. The van der Waals surface area contributed by atoms with Gasteiger partial charge >= 0.3 is 0 Å². The highest BCUT2D eigenvalue weighted by Gasteiger charge is 2.10. The lowest BCUT2D eigenvalue weighted by molar-refractivity contribution is 0.809. The van der Waals surface area contributed by atoms with E-state index in [9.17, 15) is 0 Å². The standard InChI is InChI=1S/C12H15ClN4/c1-7-5-10(14)9(13)6-11(7)17-8(2)12-15-3-4-16-12/h3-6,8,17H,14H2,1-2H3,(H,15,16). The molecule has 0 saturated carbocycles. The first-order valence-electron chi connectivity index (χ1n) is 5.39. The number of aromatic amines is 1. The number of nitrogen functional groups attached to an aromatic ring is 1. The summed E-state index contributed by atoms with van der Waals surface area (Å²) in [5.74, 6) is 0.886. The van der Waals surface area contributed by atoms with E-state index in [0.717, 1.165) is 17.1 Å². The fraction of sp³-hybridized carbons (Fsp3) is 0.250. The summed E-state index contributed by atoms with van der Waals surface area (Å²) in [5, 5.41) is 3.91. The molecule has 1 aromatic carbocycles. The molecular weight excluding hydrogens is 236 g/mol. The fourth-order valence-corrected chi connectivity index (χ4v) is 1.84. The van der Waals surface area contributed by atoms with Crippen LogP contribution in [-0.4, -0.2) is 9.97 Å². The van der Waals surface area contributed by atoms with Crippen LogP contribution in [0.3, 0.4) is 0 Å². The van der Waals surface area contributed by atoms with Gasteiger partial charge in [-0.05, 0) is 31.5 Å². The Hall–Kier alpha value is -1.68. The van der Waals surface area contributed by atoms with Crippen LogP contribution in [0.5, 0.6) is 0 Å². The maximum atomic E-state index is 6.01. The molecular formula is C12H15ClN4. The largest absolute Gasteiger partial charge is 0.398 e. The van der Waals surface area contributed by atoms with Crippen LogP contribution in [0.2, 0.25) is 5.02 Å². The number of benzene rings is 1. The molecule has 2 aromatic rings. The summed E-state index contributed by atoms with van der Waals surface area (Å²) in [7, 11) is 0. The summed E-state index contributed by atoms with van der Waals surface area (Å²) < 4.78 is 0. The average molecular weight is 251 g/mol. The molecule has 0 fully saturated rings. The molecule has 1 atom stereocenters. The highest BCUT2D eigenvalue weighted by molar-refractivity contribution is 6.33. The van der Waals surface area contributed by atoms with Crippen LogP contribution in [0.1, 0.15) is 24.4 Å². The van der Waals surface area contributed by atoms with E-state index < -0.39 is 0 Å². The molecule has 0 saturated heterocycles. The fourth-order valence-electron chi connectivity index (χ4n) is 1.68. The Morgan fingerprint density at radius 2 is 2.24 bits per heavy atom. The first kappa shape index (κ1) is 11.8. The lowest BCUT2D eigenvalue weighted by Gasteiger charge is -2.16. The molecule has 5 heteroatoms. The number of hydrogen-bond donors (Lipinski definition) is 3. The van der Waals surface area contributed by atoms with Gasteiger partial charge in [0.05, 0.1) is 16.8 Å². The van der Waals surface area contributed by atoms with E-state index in [4.69, 9.17) is 17.3 Å². The summed E-state index contributed by atoms with van der Waals surface area (Å²) >= 11 is 6.01. The molecule has 0 radical (unpaired) electrons. The summed E-state index contributed by atoms with van der Waals surface area (Å²) in [6, 6.07) is 3.79. The van der Waals surface area contributed by atoms with Gasteiger partial charge in [0.15, 0.2) is 0 Å². The van der Waals surface area contributed by atoms with Gasteiger partial charge in [-0.3, -0.25) is 0 Å². The number of aryl methyl sites for hydroxylation is 1. The number of halogens is 1. The summed E-state index contributed by atoms with van der Waals surface area (Å²) in [6.45, 7) is 4.02. The average Bonchev–Trinajstić information content (AvgIpc) is 2.79. The normalized spacial score (nSPS) is 12.4. The minimum absolute atomic E-state index is 0.0865. The first-order chi connectivity index (χ1) is 8.08. The van der Waals surface area contributed by atoms with E-state index in [-0.39, 0.29) is 6.04 Å². The van der Waals surface area contributed by atoms with Gasteiger partial charge in [0.25, 0.3) is 0 Å². The topological polar surface area (TPSA) is 66.7 Å². The number of nitrogens with zero attached hydrogens (tertiary/aromatic N) is 1. The van der Waals surface area contributed by atoms with Crippen LogP contribution in [0.4, 0.5) is 11.4 Å². The number of anilines is 2. The zero-order chi connectivity index (χ0) is 12.4. The molecule has 0 spiro atoms. The quantitative estimate of drug-likeness (QED) is 0.734. The second-order valence-electron chi connectivity index (χ2n) is 4.03. The maximum Gasteiger partial charge on any atom is 0.128 e. The second kappa shape index (κ2) is 4.67. The minimum atomic E-state index is 0.0865. The Balaban J connectivity index is 2.22. The zero-order valence-electron chi connectivity index (χ0n) is 9.79. The monoisotopic (exact) mass is 250 g/mol. The van der Waals surface area contributed by atoms with Crippen molar-refractivity contribution in [3.63, 3.8) is 0 Å². The number of H-pyrrole nitrogens is 1. The van der Waals surface area contributed by atoms with E-state index in [2.05, 4.69) is 15.3 Å². The molecule has 0 bridgehead atoms. The van der Waals surface area contributed by atoms with Crippen LogP contribution < -0.4 is 11.1 Å². The van der Waals surface area contributed by atoms with Gasteiger partial charge < -0.3 is 16.0 Å². The smallest absolute Gasteiger partial charge is 0.128 e. The molecule has 1 heterocycles. The highest BCUT2D eigenvalue weighted by atomic mass is 35.5. The molecule has 0 amide bonds. The zero-order valence-corrected chi connectivity index (χ0v) is 10.5. The number of aromatic nitrogens is 2. The van der Waals surface area contributed by atoms with E-state index in [1.807, 2.05) is 26.0 Å². The van der Waals surface area contributed by atoms with E-state index >= 15 is 0 Å². The van der Waals surface area contributed by atoms with Crippen molar-refractivity contribution in [1.82, 2.24) is 9.97 Å². The highest BCUT2D eigenvalue weighted by Crippen LogP contribution is 2.28. The molecule has 17 heavy (non-hydrogen) atoms. The molecule has 0 aliphatic carbocycles. The van der Waals surface area contributed by atoms with Crippen LogP contribution in [0.15, 0.2) is 24.5 Å². The number of rotatable bonds is 3. The van der Waals surface area contributed by atoms with E-state index in [0.29, 0.717) is 10.7 Å². The number of nitrogens with one attached hydrogen (secondary N) is 2. The third-order valence-corrected chi connectivity index (χ3v) is 2.97. The van der Waals surface area contributed by atoms with E-state index in [1.54, 1.807) is 12.4 Å². The molecule has 1 aromatic heterocycles. The lowest BCUT2D eigenvalue weighted by atomic mass is 10.1. The van der Waals surface area contributed by atoms with Gasteiger partial charge in [0.2, 0.25) is 0 Å². The Bertz CT molecular complexity index is 507. The number of nitrogens with two attached hydrogens (primary N) is 1. The van der Waals surface area contributed by atoms with Gasteiger partial charge in [-0.15, -0.1) is 0 Å². The predicted octanol–water partition coefficient (Wildman–Crippen LogP) is 3.13. The SMILES string of the molecule is Cc1cc(N)c(Cl)cc1NC(C)c1ncc[nH]1. The molecule has 90 valence electrons. The predicted molar refractivity (Wildman–Crippen MR) is 71.2 cm³/mol. The first-order valence-corrected chi connectivity index (χ1v) is 5.77. The second-order valence-corrected chi connectivity index (χ2v) is 4.44. The van der Waals surface area contributed by atoms with Crippen molar-refractivity contribution in [2.45, 2.75) is 19.9 Å². The minimum Gasteiger partial charge on any atom is -0.398 e. The van der Waals surface area contributed by atoms with Crippen LogP contribution in [0, 0.1) is 6.92 Å². The van der Waals surface area contributed by atoms with Gasteiger partial charge in [-0.25, -0.2) is 4.98 Å². The molecule has 1 unspecified atom stereocenters.